The van der Waals surface area contributed by atoms with E-state index in [0.717, 1.165) is 0 Å². The van der Waals surface area contributed by atoms with Gasteiger partial charge in [-0.25, -0.2) is 13.1 Å². The third-order valence-electron chi connectivity index (χ3n) is 5.81. The molecule has 2 aliphatic rings. The number of nitrogens with zero attached hydrogens (tertiary/aromatic N) is 2. The first-order chi connectivity index (χ1) is 13.9. The SMILES string of the molecule is CCN(CC)C(=O)CCC1CNC(=O)C2CC(NS(=O)(=O)c3ccccc3)CN12. The molecular formula is C20H30N4O4S. The van der Waals surface area contributed by atoms with E-state index < -0.39 is 10.0 Å². The van der Waals surface area contributed by atoms with Crippen LogP contribution in [0.1, 0.15) is 33.1 Å². The number of hydrogen-bond donors (Lipinski definition) is 2. The Balaban J connectivity index is 1.64. The Kier molecular flexibility index (Phi) is 6.92. The number of fused-ring (bicyclic) bond motifs is 1. The Hall–Kier alpha value is -1.97. The zero-order chi connectivity index (χ0) is 21.0. The lowest BCUT2D eigenvalue weighted by Gasteiger charge is -2.37. The third kappa shape index (κ3) is 4.96. The number of rotatable bonds is 8. The van der Waals surface area contributed by atoms with Crippen LogP contribution in [-0.2, 0) is 19.6 Å². The lowest BCUT2D eigenvalue weighted by Crippen LogP contribution is -2.58. The third-order valence-corrected chi connectivity index (χ3v) is 7.34. The molecule has 160 valence electrons. The Morgan fingerprint density at radius 2 is 1.93 bits per heavy atom. The van der Waals surface area contributed by atoms with Crippen LogP contribution < -0.4 is 10.0 Å². The molecule has 0 saturated carbocycles. The van der Waals surface area contributed by atoms with Crippen LogP contribution >= 0.6 is 0 Å². The fourth-order valence-corrected chi connectivity index (χ4v) is 5.50. The first kappa shape index (κ1) is 21.7. The van der Waals surface area contributed by atoms with Gasteiger partial charge in [0, 0.05) is 44.7 Å². The molecule has 2 fully saturated rings. The summed E-state index contributed by atoms with van der Waals surface area (Å²) in [7, 11) is -3.63. The summed E-state index contributed by atoms with van der Waals surface area (Å²) < 4.78 is 28.0. The van der Waals surface area contributed by atoms with Crippen molar-refractivity contribution < 1.29 is 18.0 Å². The van der Waals surface area contributed by atoms with Gasteiger partial charge in [-0.05, 0) is 38.8 Å². The molecule has 0 aliphatic carbocycles. The lowest BCUT2D eigenvalue weighted by atomic mass is 10.0. The van der Waals surface area contributed by atoms with Crippen molar-refractivity contribution in [2.45, 2.75) is 56.1 Å². The van der Waals surface area contributed by atoms with E-state index in [1.165, 1.54) is 0 Å². The second-order valence-electron chi connectivity index (χ2n) is 7.58. The van der Waals surface area contributed by atoms with E-state index >= 15 is 0 Å². The van der Waals surface area contributed by atoms with E-state index in [1.54, 1.807) is 35.2 Å². The van der Waals surface area contributed by atoms with Crippen molar-refractivity contribution in [3.63, 3.8) is 0 Å². The molecule has 0 aromatic heterocycles. The number of hydrogen-bond acceptors (Lipinski definition) is 5. The van der Waals surface area contributed by atoms with E-state index in [9.17, 15) is 18.0 Å². The monoisotopic (exact) mass is 422 g/mol. The van der Waals surface area contributed by atoms with Gasteiger partial charge in [0.05, 0.1) is 10.9 Å². The molecule has 2 saturated heterocycles. The van der Waals surface area contributed by atoms with Gasteiger partial charge in [-0.3, -0.25) is 14.5 Å². The average molecular weight is 423 g/mol. The molecule has 2 aliphatic heterocycles. The van der Waals surface area contributed by atoms with Gasteiger partial charge in [0.15, 0.2) is 0 Å². The van der Waals surface area contributed by atoms with Crippen LogP contribution in [0.15, 0.2) is 35.2 Å². The number of amides is 2. The molecule has 1 aromatic carbocycles. The zero-order valence-electron chi connectivity index (χ0n) is 17.0. The number of benzene rings is 1. The van der Waals surface area contributed by atoms with Crippen molar-refractivity contribution in [3.05, 3.63) is 30.3 Å². The first-order valence-corrected chi connectivity index (χ1v) is 11.7. The van der Waals surface area contributed by atoms with E-state index in [2.05, 4.69) is 14.9 Å². The fraction of sp³-hybridized carbons (Fsp3) is 0.600. The van der Waals surface area contributed by atoms with Crippen molar-refractivity contribution in [1.82, 2.24) is 19.8 Å². The minimum Gasteiger partial charge on any atom is -0.353 e. The van der Waals surface area contributed by atoms with Crippen LogP contribution in [0.4, 0.5) is 0 Å². The number of piperazine rings is 1. The fourth-order valence-electron chi connectivity index (χ4n) is 4.24. The summed E-state index contributed by atoms with van der Waals surface area (Å²) in [6.07, 6.45) is 1.49. The van der Waals surface area contributed by atoms with Crippen molar-refractivity contribution in [2.75, 3.05) is 26.2 Å². The maximum absolute atomic E-state index is 12.6. The van der Waals surface area contributed by atoms with Crippen molar-refractivity contribution in [2.24, 2.45) is 0 Å². The molecular weight excluding hydrogens is 392 g/mol. The molecule has 0 spiro atoms. The van der Waals surface area contributed by atoms with E-state index in [1.807, 2.05) is 13.8 Å². The summed E-state index contributed by atoms with van der Waals surface area (Å²) in [6, 6.07) is 7.58. The van der Waals surface area contributed by atoms with Gasteiger partial charge in [0.25, 0.3) is 0 Å². The highest BCUT2D eigenvalue weighted by Gasteiger charge is 2.44. The van der Waals surface area contributed by atoms with Gasteiger partial charge in [0.2, 0.25) is 21.8 Å². The molecule has 8 nitrogen and oxygen atoms in total. The van der Waals surface area contributed by atoms with Gasteiger partial charge in [-0.15, -0.1) is 0 Å². The minimum atomic E-state index is -3.63. The highest BCUT2D eigenvalue weighted by atomic mass is 32.2. The predicted molar refractivity (Wildman–Crippen MR) is 110 cm³/mol. The van der Waals surface area contributed by atoms with Gasteiger partial charge < -0.3 is 10.2 Å². The maximum atomic E-state index is 12.6. The zero-order valence-corrected chi connectivity index (χ0v) is 17.8. The van der Waals surface area contributed by atoms with Crippen LogP contribution in [0.2, 0.25) is 0 Å². The summed E-state index contributed by atoms with van der Waals surface area (Å²) in [6.45, 7) is 6.25. The molecule has 2 heterocycles. The van der Waals surface area contributed by atoms with Crippen molar-refractivity contribution in [1.29, 1.82) is 0 Å². The summed E-state index contributed by atoms with van der Waals surface area (Å²) >= 11 is 0. The van der Waals surface area contributed by atoms with E-state index in [4.69, 9.17) is 0 Å². The smallest absolute Gasteiger partial charge is 0.240 e. The molecule has 0 bridgehead atoms. The summed E-state index contributed by atoms with van der Waals surface area (Å²) in [5.41, 5.74) is 0. The molecule has 2 N–H and O–H groups in total. The molecule has 0 radical (unpaired) electrons. The predicted octanol–water partition coefficient (Wildman–Crippen LogP) is 0.555. The number of carbonyl (C=O) groups excluding carboxylic acids is 2. The van der Waals surface area contributed by atoms with E-state index in [-0.39, 0.29) is 34.8 Å². The Morgan fingerprint density at radius 3 is 2.59 bits per heavy atom. The Morgan fingerprint density at radius 1 is 1.24 bits per heavy atom. The minimum absolute atomic E-state index is 0.0310. The molecule has 3 unspecified atom stereocenters. The molecule has 2 amide bonds. The Bertz CT molecular complexity index is 826. The van der Waals surface area contributed by atoms with Crippen LogP contribution in [0.3, 0.4) is 0 Å². The van der Waals surface area contributed by atoms with Gasteiger partial charge in [-0.2, -0.15) is 0 Å². The second-order valence-corrected chi connectivity index (χ2v) is 9.30. The number of sulfonamides is 1. The number of carbonyl (C=O) groups is 2. The topological polar surface area (TPSA) is 98.8 Å². The molecule has 3 atom stereocenters. The maximum Gasteiger partial charge on any atom is 0.240 e. The van der Waals surface area contributed by atoms with Crippen LogP contribution in [0.5, 0.6) is 0 Å². The Labute approximate surface area is 172 Å². The summed E-state index contributed by atoms with van der Waals surface area (Å²) in [5, 5.41) is 2.92. The molecule has 1 aromatic rings. The lowest BCUT2D eigenvalue weighted by molar-refractivity contribution is -0.132. The van der Waals surface area contributed by atoms with Crippen LogP contribution in [0.25, 0.3) is 0 Å². The standard InChI is InChI=1S/C20H30N4O4S/c1-3-23(4-2)19(25)11-10-16-13-21-20(26)18-12-15(14-24(16)18)22-29(27,28)17-8-6-5-7-9-17/h5-9,15-16,18,22H,3-4,10-14H2,1-2H3,(H,21,26). The molecule has 29 heavy (non-hydrogen) atoms. The van der Waals surface area contributed by atoms with Crippen molar-refractivity contribution in [3.8, 4) is 0 Å². The normalized spacial score (nSPS) is 24.8. The van der Waals surface area contributed by atoms with Gasteiger partial charge in [-0.1, -0.05) is 18.2 Å². The highest BCUT2D eigenvalue weighted by molar-refractivity contribution is 7.89. The van der Waals surface area contributed by atoms with Crippen LogP contribution in [0, 0.1) is 0 Å². The molecule has 9 heteroatoms. The quantitative estimate of drug-likeness (QED) is 0.638. The van der Waals surface area contributed by atoms with Crippen LogP contribution in [-0.4, -0.2) is 74.3 Å². The second kappa shape index (κ2) is 9.23. The largest absolute Gasteiger partial charge is 0.353 e. The van der Waals surface area contributed by atoms with Gasteiger partial charge in [0.1, 0.15) is 0 Å². The first-order valence-electron chi connectivity index (χ1n) is 10.2. The summed E-state index contributed by atoms with van der Waals surface area (Å²) in [4.78, 5) is 28.8. The van der Waals surface area contributed by atoms with Gasteiger partial charge >= 0.3 is 0 Å². The number of nitrogens with one attached hydrogen (secondary N) is 2. The van der Waals surface area contributed by atoms with Crippen molar-refractivity contribution >= 4 is 21.8 Å². The average Bonchev–Trinajstić information content (AvgIpc) is 3.13. The molecule has 3 rings (SSSR count). The van der Waals surface area contributed by atoms with E-state index in [0.29, 0.717) is 45.4 Å². The highest BCUT2D eigenvalue weighted by Crippen LogP contribution is 2.27. The summed E-state index contributed by atoms with van der Waals surface area (Å²) in [5.74, 6) is 0.0432.